The molecule has 0 radical (unpaired) electrons. The van der Waals surface area contributed by atoms with E-state index >= 15 is 0 Å². The first kappa shape index (κ1) is 13.5. The lowest BCUT2D eigenvalue weighted by Crippen LogP contribution is -2.41. The molecule has 0 saturated heterocycles. The second kappa shape index (κ2) is 4.99. The van der Waals surface area contributed by atoms with E-state index in [4.69, 9.17) is 5.73 Å². The number of hydrogen-bond acceptors (Lipinski definition) is 4. The second-order valence-electron chi connectivity index (χ2n) is 4.87. The number of rotatable bonds is 4. The maximum Gasteiger partial charge on any atom is 0.246 e. The van der Waals surface area contributed by atoms with Gasteiger partial charge < -0.3 is 5.73 Å². The highest BCUT2D eigenvalue weighted by molar-refractivity contribution is 7.89. The van der Waals surface area contributed by atoms with Gasteiger partial charge in [-0.1, -0.05) is 6.42 Å². The molecule has 0 aromatic carbocycles. The lowest BCUT2D eigenvalue weighted by atomic mass is 10.0. The number of nitrogens with two attached hydrogens (primary N) is 1. The standard InChI is InChI=1S/C11H20N4O2S/c1-8-11(7-13-14-8)18(16,17)15(2)10-5-3-4-9(10)6-12/h7,9-10H,3-6,12H2,1-2H3,(H,13,14). The molecule has 1 aliphatic carbocycles. The van der Waals surface area contributed by atoms with Crippen LogP contribution in [0.1, 0.15) is 25.0 Å². The highest BCUT2D eigenvalue weighted by Gasteiger charge is 2.36. The zero-order chi connectivity index (χ0) is 13.3. The van der Waals surface area contributed by atoms with Crippen LogP contribution in [0, 0.1) is 12.8 Å². The molecule has 0 bridgehead atoms. The predicted molar refractivity (Wildman–Crippen MR) is 68.5 cm³/mol. The van der Waals surface area contributed by atoms with Crippen LogP contribution in [0.25, 0.3) is 0 Å². The predicted octanol–water partition coefficient (Wildman–Crippen LogP) is 0.466. The van der Waals surface area contributed by atoms with Gasteiger partial charge in [-0.15, -0.1) is 0 Å². The van der Waals surface area contributed by atoms with E-state index in [0.29, 0.717) is 12.2 Å². The fourth-order valence-electron chi connectivity index (χ4n) is 2.70. The largest absolute Gasteiger partial charge is 0.330 e. The Morgan fingerprint density at radius 1 is 1.56 bits per heavy atom. The van der Waals surface area contributed by atoms with Gasteiger partial charge in [0.25, 0.3) is 0 Å². The fourth-order valence-corrected chi connectivity index (χ4v) is 4.27. The Morgan fingerprint density at radius 2 is 2.28 bits per heavy atom. The van der Waals surface area contributed by atoms with Crippen LogP contribution in [0.5, 0.6) is 0 Å². The fraction of sp³-hybridized carbons (Fsp3) is 0.727. The molecule has 0 spiro atoms. The molecule has 2 unspecified atom stereocenters. The molecule has 2 atom stereocenters. The van der Waals surface area contributed by atoms with Crippen molar-refractivity contribution in [1.29, 1.82) is 0 Å². The van der Waals surface area contributed by atoms with Gasteiger partial charge in [0.15, 0.2) is 0 Å². The topological polar surface area (TPSA) is 92.1 Å². The summed E-state index contributed by atoms with van der Waals surface area (Å²) in [6.07, 6.45) is 4.30. The van der Waals surface area contributed by atoms with Crippen molar-refractivity contribution in [3.63, 3.8) is 0 Å². The van der Waals surface area contributed by atoms with Crippen molar-refractivity contribution in [3.05, 3.63) is 11.9 Å². The van der Waals surface area contributed by atoms with Gasteiger partial charge in [-0.25, -0.2) is 8.42 Å². The third-order valence-electron chi connectivity index (χ3n) is 3.83. The number of aromatic amines is 1. The van der Waals surface area contributed by atoms with Crippen molar-refractivity contribution >= 4 is 10.0 Å². The monoisotopic (exact) mass is 272 g/mol. The number of nitrogens with zero attached hydrogens (tertiary/aromatic N) is 2. The van der Waals surface area contributed by atoms with Crippen LogP contribution in [0.3, 0.4) is 0 Å². The Labute approximate surface area is 108 Å². The molecule has 1 aliphatic rings. The molecule has 18 heavy (non-hydrogen) atoms. The van der Waals surface area contributed by atoms with Crippen molar-refractivity contribution in [2.75, 3.05) is 13.6 Å². The average Bonchev–Trinajstić information content (AvgIpc) is 2.95. The first-order valence-corrected chi connectivity index (χ1v) is 7.60. The van der Waals surface area contributed by atoms with Gasteiger partial charge in [-0.2, -0.15) is 9.40 Å². The normalized spacial score (nSPS) is 24.9. The molecule has 1 heterocycles. The summed E-state index contributed by atoms with van der Waals surface area (Å²) in [5.74, 6) is 0.261. The lowest BCUT2D eigenvalue weighted by Gasteiger charge is -2.28. The minimum Gasteiger partial charge on any atom is -0.330 e. The molecule has 6 nitrogen and oxygen atoms in total. The van der Waals surface area contributed by atoms with Crippen LogP contribution >= 0.6 is 0 Å². The van der Waals surface area contributed by atoms with Crippen LogP contribution < -0.4 is 5.73 Å². The minimum absolute atomic E-state index is 0.00861. The van der Waals surface area contributed by atoms with Gasteiger partial charge in [0.1, 0.15) is 4.90 Å². The number of sulfonamides is 1. The highest BCUT2D eigenvalue weighted by atomic mass is 32.2. The van der Waals surface area contributed by atoms with Crippen molar-refractivity contribution in [2.24, 2.45) is 11.7 Å². The summed E-state index contributed by atoms with van der Waals surface area (Å²) in [7, 11) is -1.83. The summed E-state index contributed by atoms with van der Waals surface area (Å²) in [4.78, 5) is 0.257. The van der Waals surface area contributed by atoms with Gasteiger partial charge in [-0.05, 0) is 32.2 Å². The van der Waals surface area contributed by atoms with Crippen LogP contribution in [0.4, 0.5) is 0 Å². The van der Waals surface area contributed by atoms with Crippen LogP contribution in [-0.2, 0) is 10.0 Å². The van der Waals surface area contributed by atoms with E-state index in [1.165, 1.54) is 10.5 Å². The average molecular weight is 272 g/mol. The summed E-state index contributed by atoms with van der Waals surface area (Å²) in [6, 6.07) is 0.00861. The van der Waals surface area contributed by atoms with Gasteiger partial charge in [0, 0.05) is 13.1 Å². The smallest absolute Gasteiger partial charge is 0.246 e. The Balaban J connectivity index is 2.28. The zero-order valence-corrected chi connectivity index (χ0v) is 11.6. The van der Waals surface area contributed by atoms with E-state index in [0.717, 1.165) is 19.3 Å². The maximum atomic E-state index is 12.5. The maximum absolute atomic E-state index is 12.5. The first-order chi connectivity index (χ1) is 8.48. The number of aromatic nitrogens is 2. The van der Waals surface area contributed by atoms with E-state index in [1.54, 1.807) is 14.0 Å². The van der Waals surface area contributed by atoms with Crippen LogP contribution in [0.15, 0.2) is 11.1 Å². The van der Waals surface area contributed by atoms with Crippen molar-refractivity contribution in [1.82, 2.24) is 14.5 Å². The number of hydrogen-bond donors (Lipinski definition) is 2. The van der Waals surface area contributed by atoms with Crippen LogP contribution in [-0.4, -0.2) is 42.6 Å². The molecule has 0 aliphatic heterocycles. The van der Waals surface area contributed by atoms with E-state index in [-0.39, 0.29) is 16.9 Å². The minimum atomic E-state index is -3.47. The third-order valence-corrected chi connectivity index (χ3v) is 5.83. The van der Waals surface area contributed by atoms with Crippen molar-refractivity contribution in [3.8, 4) is 0 Å². The second-order valence-corrected chi connectivity index (χ2v) is 6.84. The van der Waals surface area contributed by atoms with E-state index in [1.807, 2.05) is 0 Å². The molecule has 1 aromatic rings. The summed E-state index contributed by atoms with van der Waals surface area (Å²) in [5, 5.41) is 6.45. The lowest BCUT2D eigenvalue weighted by molar-refractivity contribution is 0.304. The van der Waals surface area contributed by atoms with Gasteiger partial charge in [0.2, 0.25) is 10.0 Å². The van der Waals surface area contributed by atoms with Gasteiger partial charge in [-0.3, -0.25) is 5.10 Å². The summed E-state index contributed by atoms with van der Waals surface area (Å²) >= 11 is 0. The van der Waals surface area contributed by atoms with E-state index in [9.17, 15) is 8.42 Å². The third kappa shape index (κ3) is 2.17. The summed E-state index contributed by atoms with van der Waals surface area (Å²) < 4.78 is 26.4. The Morgan fingerprint density at radius 3 is 2.83 bits per heavy atom. The highest BCUT2D eigenvalue weighted by Crippen LogP contribution is 2.32. The molecule has 7 heteroatoms. The van der Waals surface area contributed by atoms with Crippen LogP contribution in [0.2, 0.25) is 0 Å². The molecule has 2 rings (SSSR count). The molecule has 1 aromatic heterocycles. The SMILES string of the molecule is Cc1[nH]ncc1S(=O)(=O)N(C)C1CCCC1CN. The molecule has 0 amide bonds. The Bertz CT molecular complexity index is 511. The number of nitrogens with one attached hydrogen (secondary N) is 1. The zero-order valence-electron chi connectivity index (χ0n) is 10.8. The summed E-state index contributed by atoms with van der Waals surface area (Å²) in [5.41, 5.74) is 6.29. The van der Waals surface area contributed by atoms with E-state index in [2.05, 4.69) is 10.2 Å². The quantitative estimate of drug-likeness (QED) is 0.833. The van der Waals surface area contributed by atoms with Gasteiger partial charge >= 0.3 is 0 Å². The molecule has 3 N–H and O–H groups in total. The van der Waals surface area contributed by atoms with E-state index < -0.39 is 10.0 Å². The number of aryl methyl sites for hydroxylation is 1. The first-order valence-electron chi connectivity index (χ1n) is 6.16. The Hall–Kier alpha value is -0.920. The molecule has 102 valence electrons. The van der Waals surface area contributed by atoms with Crippen molar-refractivity contribution in [2.45, 2.75) is 37.1 Å². The number of H-pyrrole nitrogens is 1. The Kier molecular flexibility index (Phi) is 3.74. The molecular weight excluding hydrogens is 252 g/mol. The molecule has 1 fully saturated rings. The molecule has 1 saturated carbocycles. The molecular formula is C11H20N4O2S. The van der Waals surface area contributed by atoms with Gasteiger partial charge in [0.05, 0.1) is 11.9 Å². The summed E-state index contributed by atoms with van der Waals surface area (Å²) in [6.45, 7) is 2.25. The van der Waals surface area contributed by atoms with Crippen molar-refractivity contribution < 1.29 is 8.42 Å².